The molecule has 0 unspecified atom stereocenters. The molecule has 0 aliphatic heterocycles. The first-order chi connectivity index (χ1) is 13.1. The summed E-state index contributed by atoms with van der Waals surface area (Å²) in [6.45, 7) is 3.72. The van der Waals surface area contributed by atoms with E-state index in [0.717, 1.165) is 12.0 Å². The van der Waals surface area contributed by atoms with Crippen LogP contribution in [0.1, 0.15) is 5.56 Å². The Bertz CT molecular complexity index is 976. The molecule has 0 spiro atoms. The van der Waals surface area contributed by atoms with Gasteiger partial charge in [0.05, 0.1) is 27.2 Å². The predicted octanol–water partition coefficient (Wildman–Crippen LogP) is 4.43. The zero-order valence-corrected chi connectivity index (χ0v) is 16.4. The molecule has 0 aliphatic carbocycles. The molecule has 1 amide bonds. The fraction of sp³-hybridized carbons (Fsp3) is 0.111. The third-order valence-corrected chi connectivity index (χ3v) is 5.09. The van der Waals surface area contributed by atoms with Crippen LogP contribution in [0.15, 0.2) is 60.3 Å². The van der Waals surface area contributed by atoms with Crippen LogP contribution in [0.4, 0.5) is 5.69 Å². The van der Waals surface area contributed by atoms with E-state index in [1.165, 1.54) is 16.4 Å². The molecule has 27 heavy (non-hydrogen) atoms. The van der Waals surface area contributed by atoms with Gasteiger partial charge in [0.25, 0.3) is 0 Å². The summed E-state index contributed by atoms with van der Waals surface area (Å²) in [7, 11) is 0. The van der Waals surface area contributed by atoms with Crippen molar-refractivity contribution in [1.82, 2.24) is 20.2 Å². The van der Waals surface area contributed by atoms with Crippen molar-refractivity contribution < 1.29 is 4.79 Å². The molecule has 1 aromatic heterocycles. The quantitative estimate of drug-likeness (QED) is 0.452. The van der Waals surface area contributed by atoms with Crippen molar-refractivity contribution in [1.29, 1.82) is 0 Å². The Morgan fingerprint density at radius 2 is 2.04 bits per heavy atom. The topological polar surface area (TPSA) is 72.7 Å². The molecule has 0 saturated heterocycles. The lowest BCUT2D eigenvalue weighted by Crippen LogP contribution is -2.15. The van der Waals surface area contributed by atoms with E-state index in [0.29, 0.717) is 26.6 Å². The first-order valence-corrected chi connectivity index (χ1v) is 9.68. The highest BCUT2D eigenvalue weighted by atomic mass is 35.5. The third kappa shape index (κ3) is 4.88. The van der Waals surface area contributed by atoms with Gasteiger partial charge in [-0.25, -0.2) is 0 Å². The third-order valence-electron chi connectivity index (χ3n) is 3.54. The zero-order chi connectivity index (χ0) is 19.2. The number of amides is 1. The van der Waals surface area contributed by atoms with E-state index < -0.39 is 0 Å². The summed E-state index contributed by atoms with van der Waals surface area (Å²) in [6.07, 6.45) is 2.53. The number of allylic oxidation sites excluding steroid dienone is 1. The number of para-hydroxylation sites is 1. The van der Waals surface area contributed by atoms with E-state index in [2.05, 4.69) is 27.4 Å². The number of carbonyl (C=O) groups is 1. The molecule has 2 aromatic carbocycles. The summed E-state index contributed by atoms with van der Waals surface area (Å²) < 4.78 is 1.51. The fourth-order valence-electron chi connectivity index (χ4n) is 2.31. The van der Waals surface area contributed by atoms with E-state index in [9.17, 15) is 4.79 Å². The van der Waals surface area contributed by atoms with Crippen LogP contribution in [0.25, 0.3) is 5.69 Å². The van der Waals surface area contributed by atoms with Gasteiger partial charge in [-0.3, -0.25) is 4.79 Å². The maximum atomic E-state index is 12.2. The highest BCUT2D eigenvalue weighted by Crippen LogP contribution is 2.26. The predicted molar refractivity (Wildman–Crippen MR) is 109 cm³/mol. The van der Waals surface area contributed by atoms with E-state index in [1.54, 1.807) is 30.3 Å². The van der Waals surface area contributed by atoms with Crippen molar-refractivity contribution in [2.24, 2.45) is 0 Å². The molecule has 0 atom stereocenters. The lowest BCUT2D eigenvalue weighted by Gasteiger charge is -2.08. The van der Waals surface area contributed by atoms with Crippen LogP contribution in [0, 0.1) is 0 Å². The zero-order valence-electron chi connectivity index (χ0n) is 14.1. The van der Waals surface area contributed by atoms with E-state index in [4.69, 9.17) is 23.2 Å². The van der Waals surface area contributed by atoms with Gasteiger partial charge in [0, 0.05) is 0 Å². The fourth-order valence-corrected chi connectivity index (χ4v) is 3.46. The number of rotatable bonds is 7. The van der Waals surface area contributed by atoms with Gasteiger partial charge in [-0.1, -0.05) is 59.2 Å². The highest BCUT2D eigenvalue weighted by molar-refractivity contribution is 7.99. The van der Waals surface area contributed by atoms with Gasteiger partial charge in [0.2, 0.25) is 11.1 Å². The van der Waals surface area contributed by atoms with Gasteiger partial charge in [-0.15, -0.1) is 11.7 Å². The van der Waals surface area contributed by atoms with Crippen molar-refractivity contribution in [3.63, 3.8) is 0 Å². The number of nitrogens with one attached hydrogen (secondary N) is 1. The molecule has 0 radical (unpaired) electrons. The van der Waals surface area contributed by atoms with E-state index >= 15 is 0 Å². The summed E-state index contributed by atoms with van der Waals surface area (Å²) in [5.41, 5.74) is 2.24. The Balaban J connectivity index is 1.69. The highest BCUT2D eigenvalue weighted by Gasteiger charge is 2.14. The number of halogens is 2. The van der Waals surface area contributed by atoms with Crippen molar-refractivity contribution in [3.8, 4) is 5.69 Å². The van der Waals surface area contributed by atoms with Crippen LogP contribution >= 0.6 is 35.0 Å². The molecule has 9 heteroatoms. The van der Waals surface area contributed by atoms with Crippen molar-refractivity contribution in [3.05, 3.63) is 70.7 Å². The Morgan fingerprint density at radius 1 is 1.22 bits per heavy atom. The average molecular weight is 420 g/mol. The van der Waals surface area contributed by atoms with Crippen LogP contribution in [-0.4, -0.2) is 31.9 Å². The Kier molecular flexibility index (Phi) is 6.49. The molecule has 1 heterocycles. The number of carbonyl (C=O) groups excluding carboxylic acids is 1. The number of tetrazole rings is 1. The maximum absolute atomic E-state index is 12.2. The van der Waals surface area contributed by atoms with Crippen LogP contribution in [-0.2, 0) is 11.2 Å². The Labute approximate surface area is 170 Å². The number of hydrogen-bond acceptors (Lipinski definition) is 5. The van der Waals surface area contributed by atoms with Gasteiger partial charge in [0.1, 0.15) is 0 Å². The summed E-state index contributed by atoms with van der Waals surface area (Å²) in [5, 5.41) is 15.9. The lowest BCUT2D eigenvalue weighted by atomic mass is 10.1. The molecule has 1 N–H and O–H groups in total. The molecule has 0 fully saturated rings. The lowest BCUT2D eigenvalue weighted by molar-refractivity contribution is -0.113. The number of thioether (sulfide) groups is 1. The number of anilines is 1. The Morgan fingerprint density at radius 3 is 2.78 bits per heavy atom. The standard InChI is InChI=1S/C18H15Cl2N5OS/c1-2-5-12-8-9-16(14(20)10-12)25-18(22-23-24-25)27-11-17(26)21-15-7-4-3-6-13(15)19/h2-4,6-10H,1,5,11H2,(H,21,26). The minimum Gasteiger partial charge on any atom is -0.324 e. The summed E-state index contributed by atoms with van der Waals surface area (Å²) in [6, 6.07) is 12.7. The maximum Gasteiger partial charge on any atom is 0.234 e. The monoisotopic (exact) mass is 419 g/mol. The summed E-state index contributed by atoms with van der Waals surface area (Å²) in [4.78, 5) is 12.2. The molecule has 0 aliphatic rings. The van der Waals surface area contributed by atoms with Gasteiger partial charge in [-0.05, 0) is 46.7 Å². The van der Waals surface area contributed by atoms with Crippen molar-refractivity contribution >= 4 is 46.6 Å². The summed E-state index contributed by atoms with van der Waals surface area (Å²) in [5.74, 6) is -0.0901. The minimum absolute atomic E-state index is 0.123. The van der Waals surface area contributed by atoms with Crippen LogP contribution in [0.5, 0.6) is 0 Å². The SMILES string of the molecule is C=CCc1ccc(-n2nnnc2SCC(=O)Nc2ccccc2Cl)c(Cl)c1. The molecule has 6 nitrogen and oxygen atoms in total. The second kappa shape index (κ2) is 9.03. The number of aromatic nitrogens is 4. The number of hydrogen-bond donors (Lipinski definition) is 1. The van der Waals surface area contributed by atoms with E-state index in [-0.39, 0.29) is 11.7 Å². The molecule has 0 saturated carbocycles. The largest absolute Gasteiger partial charge is 0.324 e. The second-order valence-electron chi connectivity index (χ2n) is 5.47. The van der Waals surface area contributed by atoms with Crippen molar-refractivity contribution in [2.75, 3.05) is 11.1 Å². The van der Waals surface area contributed by atoms with Gasteiger partial charge >= 0.3 is 0 Å². The normalized spacial score (nSPS) is 10.6. The summed E-state index contributed by atoms with van der Waals surface area (Å²) >= 11 is 13.6. The van der Waals surface area contributed by atoms with Gasteiger partial charge in [0.15, 0.2) is 0 Å². The minimum atomic E-state index is -0.213. The molecule has 0 bridgehead atoms. The molecule has 3 aromatic rings. The second-order valence-corrected chi connectivity index (χ2v) is 7.23. The van der Waals surface area contributed by atoms with Crippen LogP contribution in [0.2, 0.25) is 10.0 Å². The van der Waals surface area contributed by atoms with Crippen molar-refractivity contribution in [2.45, 2.75) is 11.6 Å². The Hall–Kier alpha value is -2.35. The molecular weight excluding hydrogens is 405 g/mol. The number of nitrogens with zero attached hydrogens (tertiary/aromatic N) is 4. The first kappa shape index (κ1) is 19.4. The van der Waals surface area contributed by atoms with E-state index in [1.807, 2.05) is 18.2 Å². The van der Waals surface area contributed by atoms with Gasteiger partial charge < -0.3 is 5.32 Å². The van der Waals surface area contributed by atoms with Gasteiger partial charge in [-0.2, -0.15) is 4.68 Å². The number of benzene rings is 2. The molecule has 138 valence electrons. The molecule has 3 rings (SSSR count). The smallest absolute Gasteiger partial charge is 0.234 e. The first-order valence-electron chi connectivity index (χ1n) is 7.93. The van der Waals surface area contributed by atoms with Crippen LogP contribution < -0.4 is 5.32 Å². The average Bonchev–Trinajstić information content (AvgIpc) is 3.11. The van der Waals surface area contributed by atoms with Crippen LogP contribution in [0.3, 0.4) is 0 Å². The molecular formula is C18H15Cl2N5OS.